The standard InChI is InChI=1S/C15H16F3NO2/c1-9(2)21-14(20)7-12(15(16,17)18)11-8-19-13-6-4-3-5-10(11)13/h3-6,8-9,12,19H,7H2,1-2H3/t12-/m1/s1. The topological polar surface area (TPSA) is 42.1 Å². The zero-order chi connectivity index (χ0) is 15.6. The van der Waals surface area contributed by atoms with Crippen LogP contribution in [0.25, 0.3) is 10.9 Å². The van der Waals surface area contributed by atoms with E-state index >= 15 is 0 Å². The molecule has 1 N–H and O–H groups in total. The minimum Gasteiger partial charge on any atom is -0.463 e. The second-order valence-corrected chi connectivity index (χ2v) is 5.13. The number of carbonyl (C=O) groups excluding carboxylic acids is 1. The van der Waals surface area contributed by atoms with Crippen molar-refractivity contribution in [1.82, 2.24) is 4.98 Å². The van der Waals surface area contributed by atoms with E-state index in [2.05, 4.69) is 4.98 Å². The predicted octanol–water partition coefficient (Wildman–Crippen LogP) is 4.16. The Morgan fingerprint density at radius 2 is 1.95 bits per heavy atom. The van der Waals surface area contributed by atoms with Crippen LogP contribution in [0, 0.1) is 0 Å². The summed E-state index contributed by atoms with van der Waals surface area (Å²) in [7, 11) is 0. The normalized spacial score (nSPS) is 13.6. The second kappa shape index (κ2) is 5.79. The van der Waals surface area contributed by atoms with Crippen molar-refractivity contribution in [2.45, 2.75) is 38.5 Å². The molecular weight excluding hydrogens is 283 g/mol. The number of rotatable bonds is 4. The number of ether oxygens (including phenoxy) is 1. The summed E-state index contributed by atoms with van der Waals surface area (Å²) in [5, 5.41) is 0.470. The number of halogens is 3. The fourth-order valence-electron chi connectivity index (χ4n) is 2.26. The molecule has 0 saturated carbocycles. The molecule has 0 spiro atoms. The highest BCUT2D eigenvalue weighted by Crippen LogP contribution is 2.40. The molecule has 0 fully saturated rings. The van der Waals surface area contributed by atoms with E-state index in [0.29, 0.717) is 10.9 Å². The molecule has 0 unspecified atom stereocenters. The maximum atomic E-state index is 13.3. The highest BCUT2D eigenvalue weighted by Gasteiger charge is 2.43. The van der Waals surface area contributed by atoms with Gasteiger partial charge in [-0.1, -0.05) is 18.2 Å². The Bertz CT molecular complexity index is 631. The lowest BCUT2D eigenvalue weighted by atomic mass is 9.94. The highest BCUT2D eigenvalue weighted by atomic mass is 19.4. The third-order valence-electron chi connectivity index (χ3n) is 3.13. The largest absolute Gasteiger partial charge is 0.463 e. The van der Waals surface area contributed by atoms with Gasteiger partial charge in [0.15, 0.2) is 0 Å². The molecule has 0 amide bonds. The molecule has 0 saturated heterocycles. The SMILES string of the molecule is CC(C)OC(=O)C[C@H](c1c[nH]c2ccccc12)C(F)(F)F. The minimum atomic E-state index is -4.51. The maximum Gasteiger partial charge on any atom is 0.396 e. The maximum absolute atomic E-state index is 13.3. The molecule has 1 aromatic heterocycles. The van der Waals surface area contributed by atoms with Crippen LogP contribution in [0.3, 0.4) is 0 Å². The summed E-state index contributed by atoms with van der Waals surface area (Å²) < 4.78 is 44.7. The molecule has 1 aromatic carbocycles. The molecule has 114 valence electrons. The Morgan fingerprint density at radius 3 is 2.57 bits per heavy atom. The lowest BCUT2D eigenvalue weighted by molar-refractivity contribution is -0.168. The lowest BCUT2D eigenvalue weighted by Gasteiger charge is -2.20. The fraction of sp³-hybridized carbons (Fsp3) is 0.400. The summed E-state index contributed by atoms with van der Waals surface area (Å²) in [6.45, 7) is 3.21. The third-order valence-corrected chi connectivity index (χ3v) is 3.13. The first-order valence-corrected chi connectivity index (χ1v) is 6.61. The molecule has 0 aliphatic carbocycles. The number of carbonyl (C=O) groups is 1. The Morgan fingerprint density at radius 1 is 1.29 bits per heavy atom. The summed E-state index contributed by atoms with van der Waals surface area (Å²) in [5.74, 6) is -2.72. The number of H-pyrrole nitrogens is 1. The van der Waals surface area contributed by atoms with E-state index in [0.717, 1.165) is 0 Å². The lowest BCUT2D eigenvalue weighted by Crippen LogP contribution is -2.25. The molecule has 6 heteroatoms. The van der Waals surface area contributed by atoms with Gasteiger partial charge in [-0.2, -0.15) is 13.2 Å². The van der Waals surface area contributed by atoms with Crippen LogP contribution in [0.4, 0.5) is 13.2 Å². The molecule has 0 bridgehead atoms. The summed E-state index contributed by atoms with van der Waals surface area (Å²) in [4.78, 5) is 14.4. The molecule has 0 aliphatic heterocycles. The molecule has 3 nitrogen and oxygen atoms in total. The first kappa shape index (κ1) is 15.4. The number of hydrogen-bond donors (Lipinski definition) is 1. The van der Waals surface area contributed by atoms with Gasteiger partial charge in [0, 0.05) is 17.1 Å². The number of fused-ring (bicyclic) bond motifs is 1. The Kier molecular flexibility index (Phi) is 4.25. The van der Waals surface area contributed by atoms with E-state index in [1.807, 2.05) is 0 Å². The van der Waals surface area contributed by atoms with Crippen LogP contribution >= 0.6 is 0 Å². The fourth-order valence-corrected chi connectivity index (χ4v) is 2.26. The minimum absolute atomic E-state index is 0.0683. The number of aromatic amines is 1. The molecular formula is C15H16F3NO2. The number of hydrogen-bond acceptors (Lipinski definition) is 2. The molecule has 0 aliphatic rings. The highest BCUT2D eigenvalue weighted by molar-refractivity contribution is 5.84. The molecule has 1 heterocycles. The number of para-hydroxylation sites is 1. The van der Waals surface area contributed by atoms with E-state index in [1.54, 1.807) is 38.1 Å². The summed E-state index contributed by atoms with van der Waals surface area (Å²) in [6.07, 6.45) is -4.36. The third kappa shape index (κ3) is 3.56. The van der Waals surface area contributed by atoms with Crippen molar-refractivity contribution >= 4 is 16.9 Å². The van der Waals surface area contributed by atoms with Crippen molar-refractivity contribution < 1.29 is 22.7 Å². The zero-order valence-corrected chi connectivity index (χ0v) is 11.7. The van der Waals surface area contributed by atoms with Crippen LogP contribution in [0.2, 0.25) is 0 Å². The van der Waals surface area contributed by atoms with Crippen molar-refractivity contribution in [3.05, 3.63) is 36.0 Å². The van der Waals surface area contributed by atoms with E-state index in [-0.39, 0.29) is 5.56 Å². The van der Waals surface area contributed by atoms with Crippen molar-refractivity contribution in [1.29, 1.82) is 0 Å². The van der Waals surface area contributed by atoms with Crippen molar-refractivity contribution in [2.24, 2.45) is 0 Å². The average molecular weight is 299 g/mol. The number of alkyl halides is 3. The van der Waals surface area contributed by atoms with Crippen LogP contribution in [0.1, 0.15) is 31.7 Å². The van der Waals surface area contributed by atoms with Crippen LogP contribution in [0.15, 0.2) is 30.5 Å². The van der Waals surface area contributed by atoms with Crippen LogP contribution in [-0.2, 0) is 9.53 Å². The van der Waals surface area contributed by atoms with Gasteiger partial charge in [0.05, 0.1) is 18.4 Å². The Balaban J connectivity index is 2.35. The van der Waals surface area contributed by atoms with Crippen LogP contribution < -0.4 is 0 Å². The predicted molar refractivity (Wildman–Crippen MR) is 72.9 cm³/mol. The quantitative estimate of drug-likeness (QED) is 0.861. The van der Waals surface area contributed by atoms with Crippen molar-refractivity contribution in [3.63, 3.8) is 0 Å². The van der Waals surface area contributed by atoms with Crippen molar-refractivity contribution in [3.8, 4) is 0 Å². The van der Waals surface area contributed by atoms with Gasteiger partial charge in [-0.15, -0.1) is 0 Å². The van der Waals surface area contributed by atoms with Gasteiger partial charge in [-0.25, -0.2) is 0 Å². The van der Waals surface area contributed by atoms with Crippen LogP contribution in [0.5, 0.6) is 0 Å². The number of esters is 1. The number of nitrogens with one attached hydrogen (secondary N) is 1. The first-order chi connectivity index (χ1) is 9.79. The summed E-state index contributed by atoms with van der Waals surface area (Å²) in [5.41, 5.74) is 0.679. The van der Waals surface area contributed by atoms with Gasteiger partial charge in [0.1, 0.15) is 0 Å². The molecule has 2 aromatic rings. The Labute approximate surface area is 120 Å². The number of benzene rings is 1. The van der Waals surface area contributed by atoms with E-state index in [1.165, 1.54) is 6.20 Å². The van der Waals surface area contributed by atoms with Gasteiger partial charge in [0.25, 0.3) is 0 Å². The van der Waals surface area contributed by atoms with E-state index < -0.39 is 30.6 Å². The second-order valence-electron chi connectivity index (χ2n) is 5.13. The van der Waals surface area contributed by atoms with Crippen LogP contribution in [-0.4, -0.2) is 23.2 Å². The molecule has 0 radical (unpaired) electrons. The van der Waals surface area contributed by atoms with Gasteiger partial charge in [0.2, 0.25) is 0 Å². The summed E-state index contributed by atoms with van der Waals surface area (Å²) >= 11 is 0. The number of aromatic nitrogens is 1. The molecule has 2 rings (SSSR count). The van der Waals surface area contributed by atoms with Gasteiger partial charge in [-0.3, -0.25) is 4.79 Å². The average Bonchev–Trinajstić information content (AvgIpc) is 2.77. The first-order valence-electron chi connectivity index (χ1n) is 6.61. The van der Waals surface area contributed by atoms with Gasteiger partial charge >= 0.3 is 12.1 Å². The van der Waals surface area contributed by atoms with Gasteiger partial charge in [-0.05, 0) is 25.5 Å². The van der Waals surface area contributed by atoms with Gasteiger partial charge < -0.3 is 9.72 Å². The summed E-state index contributed by atoms with van der Waals surface area (Å²) in [6, 6.07) is 6.70. The monoisotopic (exact) mass is 299 g/mol. The zero-order valence-electron chi connectivity index (χ0n) is 11.7. The van der Waals surface area contributed by atoms with Crippen molar-refractivity contribution in [2.75, 3.05) is 0 Å². The van der Waals surface area contributed by atoms with E-state index in [9.17, 15) is 18.0 Å². The molecule has 1 atom stereocenters. The molecule has 21 heavy (non-hydrogen) atoms. The Hall–Kier alpha value is -1.98. The van der Waals surface area contributed by atoms with E-state index in [4.69, 9.17) is 4.74 Å². The smallest absolute Gasteiger partial charge is 0.396 e.